The van der Waals surface area contributed by atoms with Crippen LogP contribution in [0.3, 0.4) is 0 Å². The number of nitrogens with zero attached hydrogens (tertiary/aromatic N) is 1. The van der Waals surface area contributed by atoms with Crippen LogP contribution in [-0.2, 0) is 0 Å². The molecule has 0 bridgehead atoms. The van der Waals surface area contributed by atoms with Crippen LogP contribution in [0.5, 0.6) is 0 Å². The molecule has 1 saturated heterocycles. The third kappa shape index (κ3) is 3.42. The largest absolute Gasteiger partial charge is 0.329 e. The van der Waals surface area contributed by atoms with Gasteiger partial charge in [-0.3, -0.25) is 4.90 Å². The summed E-state index contributed by atoms with van der Waals surface area (Å²) < 4.78 is 0. The molecule has 0 spiro atoms. The van der Waals surface area contributed by atoms with Crippen LogP contribution in [0.15, 0.2) is 18.2 Å². The maximum Gasteiger partial charge on any atom is 0.0476 e. The predicted molar refractivity (Wildman–Crippen MR) is 87.0 cm³/mol. The average molecular weight is 274 g/mol. The van der Waals surface area contributed by atoms with Gasteiger partial charge >= 0.3 is 0 Å². The molecule has 112 valence electrons. The molecule has 0 aliphatic carbocycles. The third-order valence-electron chi connectivity index (χ3n) is 4.81. The Kier molecular flexibility index (Phi) is 5.62. The number of hydrogen-bond donors (Lipinski definition) is 1. The van der Waals surface area contributed by atoms with E-state index in [4.69, 9.17) is 5.73 Å². The van der Waals surface area contributed by atoms with Crippen molar-refractivity contribution in [2.75, 3.05) is 13.1 Å². The first-order valence-corrected chi connectivity index (χ1v) is 8.20. The third-order valence-corrected chi connectivity index (χ3v) is 4.81. The molecule has 2 nitrogen and oxygen atoms in total. The van der Waals surface area contributed by atoms with E-state index in [0.29, 0.717) is 12.1 Å². The van der Waals surface area contributed by atoms with E-state index in [2.05, 4.69) is 43.9 Å². The summed E-state index contributed by atoms with van der Waals surface area (Å²) in [5, 5.41) is 0. The number of hydrogen-bond acceptors (Lipinski definition) is 2. The van der Waals surface area contributed by atoms with Gasteiger partial charge < -0.3 is 5.73 Å². The topological polar surface area (TPSA) is 29.3 Å². The van der Waals surface area contributed by atoms with Crippen LogP contribution >= 0.6 is 0 Å². The molecule has 0 radical (unpaired) electrons. The van der Waals surface area contributed by atoms with Crippen molar-refractivity contribution in [1.29, 1.82) is 0 Å². The standard InChI is InChI=1S/C18H30N2/c1-4-16-8-6-5-7-11-20(16)18(13-19)17-12-14(2)9-10-15(17)3/h9-10,12,16,18H,4-8,11,13,19H2,1-3H3. The number of rotatable bonds is 4. The Bertz CT molecular complexity index is 427. The van der Waals surface area contributed by atoms with Gasteiger partial charge in [-0.15, -0.1) is 0 Å². The van der Waals surface area contributed by atoms with Crippen molar-refractivity contribution in [3.63, 3.8) is 0 Å². The zero-order chi connectivity index (χ0) is 14.5. The first kappa shape index (κ1) is 15.5. The summed E-state index contributed by atoms with van der Waals surface area (Å²) in [6.45, 7) is 8.64. The molecule has 1 aliphatic rings. The van der Waals surface area contributed by atoms with Crippen LogP contribution in [0.4, 0.5) is 0 Å². The summed E-state index contributed by atoms with van der Waals surface area (Å²) in [5.41, 5.74) is 10.3. The molecule has 0 saturated carbocycles. The Morgan fingerprint density at radius 1 is 1.25 bits per heavy atom. The summed E-state index contributed by atoms with van der Waals surface area (Å²) in [6.07, 6.45) is 6.63. The summed E-state index contributed by atoms with van der Waals surface area (Å²) in [7, 11) is 0. The van der Waals surface area contributed by atoms with Crippen molar-refractivity contribution < 1.29 is 0 Å². The molecule has 2 heteroatoms. The van der Waals surface area contributed by atoms with Gasteiger partial charge in [0.2, 0.25) is 0 Å². The minimum atomic E-state index is 0.387. The predicted octanol–water partition coefficient (Wildman–Crippen LogP) is 3.96. The first-order chi connectivity index (χ1) is 9.67. The lowest BCUT2D eigenvalue weighted by Crippen LogP contribution is -2.41. The lowest BCUT2D eigenvalue weighted by Gasteiger charge is -2.37. The summed E-state index contributed by atoms with van der Waals surface area (Å²) in [5.74, 6) is 0. The van der Waals surface area contributed by atoms with E-state index < -0.39 is 0 Å². The Labute approximate surface area is 124 Å². The Balaban J connectivity index is 2.31. The van der Waals surface area contributed by atoms with Crippen molar-refractivity contribution in [2.24, 2.45) is 5.73 Å². The molecule has 1 aromatic carbocycles. The molecule has 1 heterocycles. The Morgan fingerprint density at radius 3 is 2.75 bits per heavy atom. The van der Waals surface area contributed by atoms with Gasteiger partial charge in [-0.2, -0.15) is 0 Å². The fraction of sp³-hybridized carbons (Fsp3) is 0.667. The highest BCUT2D eigenvalue weighted by Crippen LogP contribution is 2.30. The molecule has 1 aromatic rings. The highest BCUT2D eigenvalue weighted by atomic mass is 15.2. The second-order valence-corrected chi connectivity index (χ2v) is 6.26. The number of likely N-dealkylation sites (tertiary alicyclic amines) is 1. The second kappa shape index (κ2) is 7.24. The van der Waals surface area contributed by atoms with Crippen molar-refractivity contribution in [3.8, 4) is 0 Å². The highest BCUT2D eigenvalue weighted by molar-refractivity contribution is 5.33. The molecule has 20 heavy (non-hydrogen) atoms. The first-order valence-electron chi connectivity index (χ1n) is 8.20. The van der Waals surface area contributed by atoms with E-state index in [1.54, 1.807) is 0 Å². The van der Waals surface area contributed by atoms with Crippen LogP contribution in [0.25, 0.3) is 0 Å². The van der Waals surface area contributed by atoms with E-state index >= 15 is 0 Å². The van der Waals surface area contributed by atoms with Gasteiger partial charge in [-0.1, -0.05) is 43.5 Å². The molecular formula is C18H30N2. The molecule has 2 rings (SSSR count). The van der Waals surface area contributed by atoms with Gasteiger partial charge in [-0.25, -0.2) is 0 Å². The van der Waals surface area contributed by atoms with Crippen LogP contribution < -0.4 is 5.73 Å². The van der Waals surface area contributed by atoms with Gasteiger partial charge in [0.15, 0.2) is 0 Å². The van der Waals surface area contributed by atoms with Crippen molar-refractivity contribution in [1.82, 2.24) is 4.90 Å². The van der Waals surface area contributed by atoms with Gasteiger partial charge in [0.25, 0.3) is 0 Å². The van der Waals surface area contributed by atoms with Crippen LogP contribution in [0.2, 0.25) is 0 Å². The lowest BCUT2D eigenvalue weighted by atomic mass is 9.95. The number of aryl methyl sites for hydroxylation is 2. The van der Waals surface area contributed by atoms with Gasteiger partial charge in [0, 0.05) is 18.6 Å². The van der Waals surface area contributed by atoms with E-state index in [1.165, 1.54) is 55.3 Å². The number of nitrogens with two attached hydrogens (primary N) is 1. The maximum atomic E-state index is 6.18. The normalized spacial score (nSPS) is 22.5. The van der Waals surface area contributed by atoms with Gasteiger partial charge in [-0.05, 0) is 50.8 Å². The summed E-state index contributed by atoms with van der Waals surface area (Å²) >= 11 is 0. The molecule has 2 unspecified atom stereocenters. The zero-order valence-electron chi connectivity index (χ0n) is 13.4. The van der Waals surface area contributed by atoms with E-state index in [9.17, 15) is 0 Å². The van der Waals surface area contributed by atoms with E-state index in [0.717, 1.165) is 6.54 Å². The van der Waals surface area contributed by atoms with E-state index in [-0.39, 0.29) is 0 Å². The molecule has 0 aromatic heterocycles. The maximum absolute atomic E-state index is 6.18. The summed E-state index contributed by atoms with van der Waals surface area (Å²) in [4.78, 5) is 2.69. The Hall–Kier alpha value is -0.860. The van der Waals surface area contributed by atoms with Crippen LogP contribution in [-0.4, -0.2) is 24.0 Å². The zero-order valence-corrected chi connectivity index (χ0v) is 13.4. The SMILES string of the molecule is CCC1CCCCCN1C(CN)c1cc(C)ccc1C. The van der Waals surface area contributed by atoms with E-state index in [1.807, 2.05) is 0 Å². The lowest BCUT2D eigenvalue weighted by molar-refractivity contribution is 0.135. The monoisotopic (exact) mass is 274 g/mol. The highest BCUT2D eigenvalue weighted by Gasteiger charge is 2.27. The smallest absolute Gasteiger partial charge is 0.0476 e. The molecule has 1 aliphatic heterocycles. The minimum absolute atomic E-state index is 0.387. The van der Waals surface area contributed by atoms with Gasteiger partial charge in [0.05, 0.1) is 0 Å². The quantitative estimate of drug-likeness (QED) is 0.900. The molecular weight excluding hydrogens is 244 g/mol. The molecule has 2 N–H and O–H groups in total. The van der Waals surface area contributed by atoms with Gasteiger partial charge in [0.1, 0.15) is 0 Å². The molecule has 2 atom stereocenters. The minimum Gasteiger partial charge on any atom is -0.329 e. The Morgan fingerprint density at radius 2 is 2.05 bits per heavy atom. The average Bonchev–Trinajstić information content (AvgIpc) is 2.69. The fourth-order valence-electron chi connectivity index (χ4n) is 3.61. The second-order valence-electron chi connectivity index (χ2n) is 6.26. The van der Waals surface area contributed by atoms with Crippen molar-refractivity contribution >= 4 is 0 Å². The van der Waals surface area contributed by atoms with Crippen molar-refractivity contribution in [2.45, 2.75) is 65.0 Å². The molecule has 0 amide bonds. The van der Waals surface area contributed by atoms with Crippen LogP contribution in [0, 0.1) is 13.8 Å². The summed E-state index contributed by atoms with van der Waals surface area (Å²) in [6, 6.07) is 7.87. The number of benzene rings is 1. The van der Waals surface area contributed by atoms with Crippen LogP contribution in [0.1, 0.15) is 61.8 Å². The van der Waals surface area contributed by atoms with Crippen molar-refractivity contribution in [3.05, 3.63) is 34.9 Å². The fourth-order valence-corrected chi connectivity index (χ4v) is 3.61. The molecule has 1 fully saturated rings.